The SMILES string of the molecule is C=CS(=O)(=O)c1ccc(S(=O)(=O)N(C)C)cn1. The molecule has 0 atom stereocenters. The number of hydrogen-bond acceptors (Lipinski definition) is 5. The average molecular weight is 276 g/mol. The third kappa shape index (κ3) is 2.71. The summed E-state index contributed by atoms with van der Waals surface area (Å²) in [4.78, 5) is 3.54. The van der Waals surface area contributed by atoms with Gasteiger partial charge in [-0.05, 0) is 12.1 Å². The van der Waals surface area contributed by atoms with Gasteiger partial charge in [-0.3, -0.25) is 0 Å². The van der Waals surface area contributed by atoms with E-state index < -0.39 is 19.9 Å². The zero-order chi connectivity index (χ0) is 13.3. The molecule has 94 valence electrons. The van der Waals surface area contributed by atoms with Crippen molar-refractivity contribution in [3.05, 3.63) is 30.3 Å². The van der Waals surface area contributed by atoms with Gasteiger partial charge >= 0.3 is 0 Å². The Kier molecular flexibility index (Phi) is 3.70. The van der Waals surface area contributed by atoms with Crippen LogP contribution in [-0.2, 0) is 19.9 Å². The summed E-state index contributed by atoms with van der Waals surface area (Å²) in [6.45, 7) is 3.15. The standard InChI is InChI=1S/C9H12N2O4S2/c1-4-16(12,13)9-6-5-8(7-10-9)17(14,15)11(2)3/h4-7H,1H2,2-3H3. The van der Waals surface area contributed by atoms with E-state index in [1.54, 1.807) is 0 Å². The van der Waals surface area contributed by atoms with Crippen molar-refractivity contribution < 1.29 is 16.8 Å². The first-order valence-electron chi connectivity index (χ1n) is 4.48. The molecule has 0 aliphatic carbocycles. The molecule has 0 N–H and O–H groups in total. The van der Waals surface area contributed by atoms with E-state index in [0.717, 1.165) is 22.0 Å². The van der Waals surface area contributed by atoms with Crippen molar-refractivity contribution in [2.75, 3.05) is 14.1 Å². The van der Waals surface area contributed by atoms with Crippen molar-refractivity contribution in [2.24, 2.45) is 0 Å². The van der Waals surface area contributed by atoms with Gasteiger partial charge in [0.2, 0.25) is 19.9 Å². The predicted octanol–water partition coefficient (Wildman–Crippen LogP) is 0.249. The van der Waals surface area contributed by atoms with E-state index in [0.29, 0.717) is 0 Å². The molecule has 0 amide bonds. The molecule has 0 aromatic carbocycles. The number of hydrogen-bond donors (Lipinski definition) is 0. The molecule has 17 heavy (non-hydrogen) atoms. The molecule has 8 heteroatoms. The maximum atomic E-state index is 11.7. The van der Waals surface area contributed by atoms with Gasteiger partial charge in [-0.25, -0.2) is 26.1 Å². The fourth-order valence-corrected chi connectivity index (χ4v) is 2.46. The molecule has 1 heterocycles. The minimum absolute atomic E-state index is 0.0643. The number of pyridine rings is 1. The van der Waals surface area contributed by atoms with E-state index in [1.807, 2.05) is 0 Å². The Morgan fingerprint density at radius 3 is 2.18 bits per heavy atom. The second-order valence-electron chi connectivity index (χ2n) is 3.33. The minimum Gasteiger partial charge on any atom is -0.243 e. The Morgan fingerprint density at radius 1 is 1.24 bits per heavy atom. The van der Waals surface area contributed by atoms with E-state index in [1.165, 1.54) is 20.2 Å². The molecule has 0 saturated carbocycles. The van der Waals surface area contributed by atoms with Crippen LogP contribution in [0.2, 0.25) is 0 Å². The molecule has 0 unspecified atom stereocenters. The lowest BCUT2D eigenvalue weighted by Crippen LogP contribution is -2.22. The molecule has 1 rings (SSSR count). The summed E-state index contributed by atoms with van der Waals surface area (Å²) in [7, 11) is -4.47. The second-order valence-corrected chi connectivity index (χ2v) is 7.32. The van der Waals surface area contributed by atoms with Gasteiger partial charge in [-0.15, -0.1) is 0 Å². The highest BCUT2D eigenvalue weighted by Crippen LogP contribution is 2.15. The van der Waals surface area contributed by atoms with E-state index >= 15 is 0 Å². The van der Waals surface area contributed by atoms with Gasteiger partial charge in [0.15, 0.2) is 5.03 Å². The smallest absolute Gasteiger partial charge is 0.243 e. The van der Waals surface area contributed by atoms with Crippen LogP contribution in [0.3, 0.4) is 0 Å². The lowest BCUT2D eigenvalue weighted by molar-refractivity contribution is 0.520. The molecule has 0 aliphatic rings. The summed E-state index contributed by atoms with van der Waals surface area (Å²) < 4.78 is 47.1. The van der Waals surface area contributed by atoms with Crippen LogP contribution in [0.25, 0.3) is 0 Å². The normalized spacial score (nSPS) is 12.6. The quantitative estimate of drug-likeness (QED) is 0.787. The first kappa shape index (κ1) is 13.8. The molecule has 1 aromatic rings. The highest BCUT2D eigenvalue weighted by atomic mass is 32.2. The van der Waals surface area contributed by atoms with Crippen molar-refractivity contribution >= 4 is 19.9 Å². The third-order valence-corrected chi connectivity index (χ3v) is 5.06. The van der Waals surface area contributed by atoms with Crippen LogP contribution in [0.1, 0.15) is 0 Å². The van der Waals surface area contributed by atoms with E-state index in [4.69, 9.17) is 0 Å². The van der Waals surface area contributed by atoms with E-state index in [2.05, 4.69) is 11.6 Å². The van der Waals surface area contributed by atoms with Crippen LogP contribution in [0.15, 0.2) is 40.2 Å². The van der Waals surface area contributed by atoms with Crippen LogP contribution in [-0.4, -0.2) is 40.2 Å². The topological polar surface area (TPSA) is 84.4 Å². The Labute approximate surface area is 101 Å². The van der Waals surface area contributed by atoms with Crippen molar-refractivity contribution in [3.8, 4) is 0 Å². The van der Waals surface area contributed by atoms with Gasteiger partial charge in [0, 0.05) is 25.7 Å². The maximum absolute atomic E-state index is 11.7. The van der Waals surface area contributed by atoms with Crippen LogP contribution >= 0.6 is 0 Å². The number of nitrogens with zero attached hydrogens (tertiary/aromatic N) is 2. The lowest BCUT2D eigenvalue weighted by atomic mass is 10.5. The van der Waals surface area contributed by atoms with Crippen LogP contribution in [0.4, 0.5) is 0 Å². The van der Waals surface area contributed by atoms with Gasteiger partial charge in [0.25, 0.3) is 0 Å². The maximum Gasteiger partial charge on any atom is 0.244 e. The molecule has 0 spiro atoms. The Bertz CT molecular complexity index is 615. The highest BCUT2D eigenvalue weighted by molar-refractivity contribution is 7.94. The predicted molar refractivity (Wildman–Crippen MR) is 62.5 cm³/mol. The number of rotatable bonds is 4. The van der Waals surface area contributed by atoms with Gasteiger partial charge in [-0.2, -0.15) is 0 Å². The molecule has 0 aliphatic heterocycles. The first-order valence-corrected chi connectivity index (χ1v) is 7.46. The van der Waals surface area contributed by atoms with Gasteiger partial charge in [0.05, 0.1) is 0 Å². The Morgan fingerprint density at radius 2 is 1.82 bits per heavy atom. The molecular weight excluding hydrogens is 264 g/mol. The van der Waals surface area contributed by atoms with E-state index in [9.17, 15) is 16.8 Å². The first-order chi connectivity index (χ1) is 7.71. The van der Waals surface area contributed by atoms with Gasteiger partial charge in [0.1, 0.15) is 4.90 Å². The number of sulfonamides is 1. The lowest BCUT2D eigenvalue weighted by Gasteiger charge is -2.10. The average Bonchev–Trinajstić information content (AvgIpc) is 2.29. The molecule has 0 radical (unpaired) electrons. The largest absolute Gasteiger partial charge is 0.244 e. The number of sulfone groups is 1. The molecule has 0 saturated heterocycles. The fraction of sp³-hybridized carbons (Fsp3) is 0.222. The van der Waals surface area contributed by atoms with Crippen LogP contribution in [0.5, 0.6) is 0 Å². The highest BCUT2D eigenvalue weighted by Gasteiger charge is 2.19. The molecular formula is C9H12N2O4S2. The second kappa shape index (κ2) is 4.55. The molecule has 0 fully saturated rings. The van der Waals surface area contributed by atoms with Crippen LogP contribution in [0, 0.1) is 0 Å². The van der Waals surface area contributed by atoms with Crippen molar-refractivity contribution in [1.29, 1.82) is 0 Å². The number of aromatic nitrogens is 1. The molecule has 1 aromatic heterocycles. The summed E-state index contributed by atoms with van der Waals surface area (Å²) in [6.07, 6.45) is 1.01. The summed E-state index contributed by atoms with van der Waals surface area (Å²) in [5, 5.41) is 0.528. The zero-order valence-electron chi connectivity index (χ0n) is 9.36. The van der Waals surface area contributed by atoms with Crippen LogP contribution < -0.4 is 0 Å². The molecule has 6 nitrogen and oxygen atoms in total. The van der Waals surface area contributed by atoms with Gasteiger partial charge in [-0.1, -0.05) is 6.58 Å². The summed E-state index contributed by atoms with van der Waals surface area (Å²) in [5.41, 5.74) is 0. The Balaban J connectivity index is 3.27. The minimum atomic E-state index is -3.64. The summed E-state index contributed by atoms with van der Waals surface area (Å²) in [5.74, 6) is 0. The van der Waals surface area contributed by atoms with Crippen molar-refractivity contribution in [1.82, 2.24) is 9.29 Å². The summed E-state index contributed by atoms with van der Waals surface area (Å²) in [6, 6.07) is 2.33. The fourth-order valence-electron chi connectivity index (χ4n) is 0.984. The van der Waals surface area contributed by atoms with Crippen molar-refractivity contribution in [2.45, 2.75) is 9.92 Å². The molecule has 0 bridgehead atoms. The van der Waals surface area contributed by atoms with Gasteiger partial charge < -0.3 is 0 Å². The zero-order valence-corrected chi connectivity index (χ0v) is 11.0. The van der Waals surface area contributed by atoms with E-state index in [-0.39, 0.29) is 9.92 Å². The van der Waals surface area contributed by atoms with Crippen molar-refractivity contribution in [3.63, 3.8) is 0 Å². The monoisotopic (exact) mass is 276 g/mol. The third-order valence-electron chi connectivity index (χ3n) is 2.00. The Hall–Kier alpha value is -1.25. The summed E-state index contributed by atoms with van der Waals surface area (Å²) >= 11 is 0.